The Balaban J connectivity index is 1.38. The third-order valence-electron chi connectivity index (χ3n) is 7.41. The quantitative estimate of drug-likeness (QED) is 0.437. The van der Waals surface area contributed by atoms with E-state index >= 15 is 0 Å². The molecule has 0 aromatic heterocycles. The molecule has 1 aliphatic heterocycles. The maximum Gasteiger partial charge on any atom is 0.303 e. The molecular weight excluding hydrogens is 454 g/mol. The van der Waals surface area contributed by atoms with E-state index in [0.717, 1.165) is 31.5 Å². The van der Waals surface area contributed by atoms with Gasteiger partial charge in [-0.3, -0.25) is 9.69 Å². The first-order valence-electron chi connectivity index (χ1n) is 13.2. The summed E-state index contributed by atoms with van der Waals surface area (Å²) in [6.07, 6.45) is 6.69. The first-order chi connectivity index (χ1) is 17.5. The molecule has 1 saturated heterocycles. The minimum absolute atomic E-state index is 0.0166. The molecule has 6 heteroatoms. The predicted molar refractivity (Wildman–Crippen MR) is 141 cm³/mol. The number of nitrogens with zero attached hydrogens (tertiary/aromatic N) is 1. The smallest absolute Gasteiger partial charge is 0.303 e. The Morgan fingerprint density at radius 2 is 1.67 bits per heavy atom. The van der Waals surface area contributed by atoms with Crippen LogP contribution in [0.25, 0.3) is 11.1 Å². The molecule has 0 radical (unpaired) electrons. The minimum Gasteiger partial charge on any atom is -0.481 e. The summed E-state index contributed by atoms with van der Waals surface area (Å²) in [5, 5.41) is 19.8. The molecule has 2 aromatic rings. The molecule has 0 spiro atoms. The number of aliphatic hydroxyl groups is 1. The van der Waals surface area contributed by atoms with Crippen molar-refractivity contribution >= 4 is 5.97 Å². The lowest BCUT2D eigenvalue weighted by Gasteiger charge is -2.38. The fraction of sp³-hybridized carbons (Fsp3) is 0.500. The summed E-state index contributed by atoms with van der Waals surface area (Å²) >= 11 is 0. The third-order valence-corrected chi connectivity index (χ3v) is 7.41. The number of ether oxygens (including phenoxy) is 2. The topological polar surface area (TPSA) is 79.2 Å². The second-order valence-corrected chi connectivity index (χ2v) is 10.00. The lowest BCUT2D eigenvalue weighted by Crippen LogP contribution is -2.50. The number of carboxylic acids is 1. The lowest BCUT2D eigenvalue weighted by molar-refractivity contribution is -0.136. The van der Waals surface area contributed by atoms with Gasteiger partial charge in [-0.15, -0.1) is 0 Å². The molecule has 194 valence electrons. The van der Waals surface area contributed by atoms with Gasteiger partial charge in [-0.25, -0.2) is 0 Å². The van der Waals surface area contributed by atoms with Crippen molar-refractivity contribution in [1.82, 2.24) is 4.90 Å². The van der Waals surface area contributed by atoms with Crippen molar-refractivity contribution in [3.8, 4) is 11.1 Å². The lowest BCUT2D eigenvalue weighted by atomic mass is 9.93. The van der Waals surface area contributed by atoms with Crippen LogP contribution < -0.4 is 0 Å². The molecule has 4 atom stereocenters. The van der Waals surface area contributed by atoms with Crippen LogP contribution in [0.1, 0.15) is 43.2 Å². The Kier molecular flexibility index (Phi) is 9.70. The monoisotopic (exact) mass is 493 g/mol. The van der Waals surface area contributed by atoms with E-state index in [9.17, 15) is 9.90 Å². The van der Waals surface area contributed by atoms with Gasteiger partial charge in [0, 0.05) is 37.9 Å². The van der Waals surface area contributed by atoms with Gasteiger partial charge in [0.25, 0.3) is 0 Å². The number of aliphatic hydroxyl groups excluding tert-OH is 1. The first-order valence-corrected chi connectivity index (χ1v) is 13.2. The van der Waals surface area contributed by atoms with Gasteiger partial charge < -0.3 is 19.7 Å². The summed E-state index contributed by atoms with van der Waals surface area (Å²) in [6, 6.07) is 17.1. The number of rotatable bonds is 11. The van der Waals surface area contributed by atoms with Crippen molar-refractivity contribution < 1.29 is 24.5 Å². The molecule has 1 saturated carbocycles. The Morgan fingerprint density at radius 3 is 2.33 bits per heavy atom. The molecular formula is C30H39NO5. The van der Waals surface area contributed by atoms with Crippen LogP contribution in [0, 0.1) is 12.8 Å². The SMILES string of the molecule is Cc1ccc(-c2ccc(CO[C@H]3C[C@@H](O)[C@H](N4CCOCC4)[C@H]3CCC=CCCC(=O)O)cc2)cc1. The van der Waals surface area contributed by atoms with E-state index in [1.165, 1.54) is 16.7 Å². The Morgan fingerprint density at radius 1 is 1.03 bits per heavy atom. The van der Waals surface area contributed by atoms with Gasteiger partial charge in [0.1, 0.15) is 0 Å². The van der Waals surface area contributed by atoms with E-state index in [1.807, 2.05) is 6.08 Å². The Labute approximate surface area is 214 Å². The van der Waals surface area contributed by atoms with Gasteiger partial charge in [-0.05, 0) is 42.9 Å². The third kappa shape index (κ3) is 7.26. The van der Waals surface area contributed by atoms with E-state index in [4.69, 9.17) is 14.6 Å². The van der Waals surface area contributed by atoms with E-state index < -0.39 is 12.1 Å². The predicted octanol–water partition coefficient (Wildman–Crippen LogP) is 4.83. The number of hydrogen-bond donors (Lipinski definition) is 2. The second-order valence-electron chi connectivity index (χ2n) is 10.00. The Hall–Kier alpha value is -2.51. The van der Waals surface area contributed by atoms with E-state index in [0.29, 0.717) is 32.7 Å². The zero-order chi connectivity index (χ0) is 25.3. The molecule has 4 rings (SSSR count). The molecule has 1 heterocycles. The second kappa shape index (κ2) is 13.2. The number of aryl methyl sites for hydroxylation is 1. The number of hydrogen-bond acceptors (Lipinski definition) is 5. The molecule has 6 nitrogen and oxygen atoms in total. The van der Waals surface area contributed by atoms with Crippen LogP contribution in [0.2, 0.25) is 0 Å². The van der Waals surface area contributed by atoms with Crippen LogP contribution in [0.15, 0.2) is 60.7 Å². The summed E-state index contributed by atoms with van der Waals surface area (Å²) in [5.74, 6) is -0.555. The van der Waals surface area contributed by atoms with E-state index in [2.05, 4.69) is 66.4 Å². The summed E-state index contributed by atoms with van der Waals surface area (Å²) in [6.45, 7) is 5.68. The van der Waals surface area contributed by atoms with Crippen molar-refractivity contribution in [3.05, 3.63) is 71.8 Å². The van der Waals surface area contributed by atoms with Crippen molar-refractivity contribution in [2.75, 3.05) is 26.3 Å². The minimum atomic E-state index is -0.772. The highest BCUT2D eigenvalue weighted by Crippen LogP contribution is 2.37. The standard InChI is InChI=1S/C30H39NO5/c1-22-8-12-24(13-9-22)25-14-10-23(11-15-25)21-36-28-20-27(32)30(31-16-18-35-19-17-31)26(28)6-4-2-3-5-7-29(33)34/h2-3,8-15,26-28,30,32H,4-7,16-21H2,1H3,(H,33,34)/t26-,27+,28-,30+/m0/s1. The van der Waals surface area contributed by atoms with Crippen molar-refractivity contribution in [3.63, 3.8) is 0 Å². The van der Waals surface area contributed by atoms with Crippen molar-refractivity contribution in [2.45, 2.75) is 63.9 Å². The first kappa shape index (κ1) is 26.6. The molecule has 36 heavy (non-hydrogen) atoms. The van der Waals surface area contributed by atoms with E-state index in [1.54, 1.807) is 0 Å². The van der Waals surface area contributed by atoms with Gasteiger partial charge in [-0.1, -0.05) is 66.2 Å². The largest absolute Gasteiger partial charge is 0.481 e. The maximum atomic E-state index is 11.0. The van der Waals surface area contributed by atoms with E-state index in [-0.39, 0.29) is 24.5 Å². The highest BCUT2D eigenvalue weighted by Gasteiger charge is 2.45. The summed E-state index contributed by atoms with van der Waals surface area (Å²) in [5.41, 5.74) is 4.78. The number of aliphatic carboxylic acids is 1. The Bertz CT molecular complexity index is 981. The average molecular weight is 494 g/mol. The highest BCUT2D eigenvalue weighted by atomic mass is 16.5. The normalized spacial score (nSPS) is 24.9. The number of carboxylic acid groups (broad SMARTS) is 1. The van der Waals surface area contributed by atoms with Gasteiger partial charge in [0.15, 0.2) is 0 Å². The van der Waals surface area contributed by atoms with Crippen molar-refractivity contribution in [1.29, 1.82) is 0 Å². The van der Waals surface area contributed by atoms with Crippen LogP contribution in [0.3, 0.4) is 0 Å². The van der Waals surface area contributed by atoms with Gasteiger partial charge in [-0.2, -0.15) is 0 Å². The highest BCUT2D eigenvalue weighted by molar-refractivity contribution is 5.66. The zero-order valence-electron chi connectivity index (χ0n) is 21.2. The fourth-order valence-electron chi connectivity index (χ4n) is 5.47. The molecule has 0 amide bonds. The number of carbonyl (C=O) groups is 1. The van der Waals surface area contributed by atoms with Crippen LogP contribution >= 0.6 is 0 Å². The van der Waals surface area contributed by atoms with Gasteiger partial charge in [0.2, 0.25) is 0 Å². The van der Waals surface area contributed by atoms with Crippen LogP contribution in [-0.2, 0) is 20.9 Å². The molecule has 0 unspecified atom stereocenters. The van der Waals surface area contributed by atoms with Crippen LogP contribution in [0.5, 0.6) is 0 Å². The molecule has 0 bridgehead atoms. The summed E-state index contributed by atoms with van der Waals surface area (Å²) in [4.78, 5) is 13.1. The molecule has 2 aromatic carbocycles. The maximum absolute atomic E-state index is 11.0. The fourth-order valence-corrected chi connectivity index (χ4v) is 5.47. The van der Waals surface area contributed by atoms with Crippen LogP contribution in [-0.4, -0.2) is 65.6 Å². The van der Waals surface area contributed by atoms with Gasteiger partial charge in [0.05, 0.1) is 32.0 Å². The van der Waals surface area contributed by atoms with Gasteiger partial charge >= 0.3 is 5.97 Å². The molecule has 2 N–H and O–H groups in total. The molecule has 1 aliphatic carbocycles. The number of benzene rings is 2. The zero-order valence-corrected chi connectivity index (χ0v) is 21.2. The molecule has 2 fully saturated rings. The summed E-state index contributed by atoms with van der Waals surface area (Å²) in [7, 11) is 0. The number of morpholine rings is 1. The average Bonchev–Trinajstić information content (AvgIpc) is 3.20. The van der Waals surface area contributed by atoms with Crippen molar-refractivity contribution in [2.24, 2.45) is 5.92 Å². The van der Waals surface area contributed by atoms with Crippen LogP contribution in [0.4, 0.5) is 0 Å². The molecule has 2 aliphatic rings. The number of allylic oxidation sites excluding steroid dienone is 2. The summed E-state index contributed by atoms with van der Waals surface area (Å²) < 4.78 is 12.0.